The van der Waals surface area contributed by atoms with Crippen LogP contribution in [0.2, 0.25) is 0 Å². The van der Waals surface area contributed by atoms with Gasteiger partial charge in [-0.3, -0.25) is 5.32 Å². The molecule has 0 radical (unpaired) electrons. The fraction of sp³-hybridized carbons (Fsp3) is 0.571. The summed E-state index contributed by atoms with van der Waals surface area (Å²) in [5.41, 5.74) is -1.50. The summed E-state index contributed by atoms with van der Waals surface area (Å²) in [4.78, 5) is 0. The summed E-state index contributed by atoms with van der Waals surface area (Å²) in [6.07, 6.45) is -7.16. The van der Waals surface area contributed by atoms with E-state index in [2.05, 4.69) is 5.32 Å². The van der Waals surface area contributed by atoms with Gasteiger partial charge in [-0.25, -0.2) is 8.78 Å². The molecule has 0 amide bonds. The molecule has 1 fully saturated rings. The first kappa shape index (κ1) is 15.2. The Kier molecular flexibility index (Phi) is 4.04. The van der Waals surface area contributed by atoms with Crippen LogP contribution in [0.25, 0.3) is 0 Å². The van der Waals surface area contributed by atoms with E-state index < -0.39 is 43.3 Å². The van der Waals surface area contributed by atoms with Gasteiger partial charge in [-0.05, 0) is 18.4 Å². The Morgan fingerprint density at radius 2 is 1.50 bits per heavy atom. The highest BCUT2D eigenvalue weighted by Gasteiger charge is 2.58. The molecule has 0 unspecified atom stereocenters. The van der Waals surface area contributed by atoms with E-state index in [9.17, 15) is 22.0 Å². The van der Waals surface area contributed by atoms with E-state index in [1.807, 2.05) is 0 Å². The highest BCUT2D eigenvalue weighted by atomic mass is 19.4. The molecule has 0 saturated heterocycles. The van der Waals surface area contributed by atoms with Gasteiger partial charge in [-0.15, -0.1) is 0 Å². The Labute approximate surface area is 114 Å². The topological polar surface area (TPSA) is 12.0 Å². The molecule has 20 heavy (non-hydrogen) atoms. The Hall–Kier alpha value is -1.17. The van der Waals surface area contributed by atoms with Crippen molar-refractivity contribution in [2.75, 3.05) is 0 Å². The fourth-order valence-electron chi connectivity index (χ4n) is 2.47. The Morgan fingerprint density at radius 3 is 2.00 bits per heavy atom. The van der Waals surface area contributed by atoms with Crippen LogP contribution in [0.1, 0.15) is 31.2 Å². The van der Waals surface area contributed by atoms with Crippen molar-refractivity contribution in [3.8, 4) is 0 Å². The molecule has 1 aliphatic carbocycles. The lowest BCUT2D eigenvalue weighted by atomic mass is 9.79. The molecular weight excluding hydrogens is 277 g/mol. The molecule has 1 aromatic rings. The lowest BCUT2D eigenvalue weighted by Gasteiger charge is -2.42. The molecule has 2 rings (SSSR count). The van der Waals surface area contributed by atoms with E-state index in [0.29, 0.717) is 5.56 Å². The average molecular weight is 293 g/mol. The highest BCUT2D eigenvalue weighted by molar-refractivity contribution is 5.15. The van der Waals surface area contributed by atoms with E-state index in [0.717, 1.165) is 0 Å². The van der Waals surface area contributed by atoms with Gasteiger partial charge >= 0.3 is 6.18 Å². The van der Waals surface area contributed by atoms with Gasteiger partial charge in [-0.1, -0.05) is 30.3 Å². The van der Waals surface area contributed by atoms with Crippen molar-refractivity contribution in [3.05, 3.63) is 35.9 Å². The predicted molar refractivity (Wildman–Crippen MR) is 65.5 cm³/mol. The van der Waals surface area contributed by atoms with E-state index in [-0.39, 0.29) is 6.54 Å². The number of hydrogen-bond acceptors (Lipinski definition) is 1. The summed E-state index contributed by atoms with van der Waals surface area (Å²) in [5.74, 6) is -2.98. The summed E-state index contributed by atoms with van der Waals surface area (Å²) in [7, 11) is 0. The average Bonchev–Trinajstić information content (AvgIpc) is 2.38. The van der Waals surface area contributed by atoms with Crippen molar-refractivity contribution in [3.63, 3.8) is 0 Å². The minimum Gasteiger partial charge on any atom is -0.299 e. The zero-order valence-electron chi connectivity index (χ0n) is 10.8. The zero-order chi connectivity index (χ0) is 14.9. The molecule has 0 bridgehead atoms. The summed E-state index contributed by atoms with van der Waals surface area (Å²) in [5, 5.41) is 2.47. The van der Waals surface area contributed by atoms with Crippen molar-refractivity contribution in [2.45, 2.75) is 49.9 Å². The standard InChI is InChI=1S/C14H16F5N/c15-13(16)8-6-12(7-9-13,14(17,18)19)20-10-11-4-2-1-3-5-11/h1-5,20H,6-10H2. The van der Waals surface area contributed by atoms with Crippen LogP contribution in [0.3, 0.4) is 0 Å². The normalized spacial score (nSPS) is 21.6. The second kappa shape index (κ2) is 5.31. The number of benzene rings is 1. The van der Waals surface area contributed by atoms with Gasteiger partial charge in [0.15, 0.2) is 0 Å². The van der Waals surface area contributed by atoms with Crippen LogP contribution in [-0.4, -0.2) is 17.6 Å². The van der Waals surface area contributed by atoms with Gasteiger partial charge in [0.1, 0.15) is 5.54 Å². The maximum absolute atomic E-state index is 13.2. The second-order valence-corrected chi connectivity index (χ2v) is 5.27. The molecule has 1 nitrogen and oxygen atoms in total. The molecule has 1 N–H and O–H groups in total. The van der Waals surface area contributed by atoms with Gasteiger partial charge in [0.2, 0.25) is 5.92 Å². The second-order valence-electron chi connectivity index (χ2n) is 5.27. The van der Waals surface area contributed by atoms with E-state index >= 15 is 0 Å². The van der Waals surface area contributed by atoms with Crippen molar-refractivity contribution < 1.29 is 22.0 Å². The van der Waals surface area contributed by atoms with Crippen LogP contribution >= 0.6 is 0 Å². The first-order chi connectivity index (χ1) is 9.24. The van der Waals surface area contributed by atoms with Crippen molar-refractivity contribution >= 4 is 0 Å². The molecule has 0 aliphatic heterocycles. The molecule has 0 heterocycles. The smallest absolute Gasteiger partial charge is 0.299 e. The van der Waals surface area contributed by atoms with Crippen LogP contribution in [-0.2, 0) is 6.54 Å². The van der Waals surface area contributed by atoms with Crippen LogP contribution in [0.4, 0.5) is 22.0 Å². The molecule has 0 spiro atoms. The minimum absolute atomic E-state index is 0.0198. The fourth-order valence-corrected chi connectivity index (χ4v) is 2.47. The van der Waals surface area contributed by atoms with Gasteiger partial charge in [0.05, 0.1) is 0 Å². The van der Waals surface area contributed by atoms with Crippen molar-refractivity contribution in [1.29, 1.82) is 0 Å². The predicted octanol–water partition coefficient (Wildman–Crippen LogP) is 4.29. The zero-order valence-corrected chi connectivity index (χ0v) is 10.8. The van der Waals surface area contributed by atoms with Gasteiger partial charge in [0.25, 0.3) is 0 Å². The molecule has 112 valence electrons. The largest absolute Gasteiger partial charge is 0.406 e. The third-order valence-electron chi connectivity index (χ3n) is 3.85. The van der Waals surface area contributed by atoms with Crippen molar-refractivity contribution in [2.24, 2.45) is 0 Å². The third kappa shape index (κ3) is 3.29. The highest BCUT2D eigenvalue weighted by Crippen LogP contribution is 2.46. The number of nitrogens with one attached hydrogen (secondary N) is 1. The van der Waals surface area contributed by atoms with Crippen LogP contribution in [0, 0.1) is 0 Å². The summed E-state index contributed by atoms with van der Waals surface area (Å²) in [6, 6.07) is 8.63. The molecule has 0 atom stereocenters. The van der Waals surface area contributed by atoms with Crippen LogP contribution in [0.5, 0.6) is 0 Å². The SMILES string of the molecule is FC1(F)CCC(NCc2ccccc2)(C(F)(F)F)CC1. The molecule has 1 saturated carbocycles. The molecule has 1 aromatic carbocycles. The third-order valence-corrected chi connectivity index (χ3v) is 3.85. The van der Waals surface area contributed by atoms with Gasteiger partial charge in [-0.2, -0.15) is 13.2 Å². The van der Waals surface area contributed by atoms with Gasteiger partial charge in [0, 0.05) is 19.4 Å². The monoisotopic (exact) mass is 293 g/mol. The minimum atomic E-state index is -4.53. The maximum Gasteiger partial charge on any atom is 0.406 e. The first-order valence-corrected chi connectivity index (χ1v) is 6.48. The molecule has 6 heteroatoms. The maximum atomic E-state index is 13.2. The lowest BCUT2D eigenvalue weighted by Crippen LogP contribution is -2.59. The number of halogens is 5. The van der Waals surface area contributed by atoms with E-state index in [1.165, 1.54) is 0 Å². The van der Waals surface area contributed by atoms with E-state index in [4.69, 9.17) is 0 Å². The number of alkyl halides is 5. The molecular formula is C14H16F5N. The summed E-state index contributed by atoms with van der Waals surface area (Å²) in [6.45, 7) is 0.0198. The Morgan fingerprint density at radius 1 is 0.950 bits per heavy atom. The summed E-state index contributed by atoms with van der Waals surface area (Å²) < 4.78 is 65.9. The molecule has 1 aliphatic rings. The first-order valence-electron chi connectivity index (χ1n) is 6.48. The molecule has 0 aromatic heterocycles. The number of rotatable bonds is 3. The summed E-state index contributed by atoms with van der Waals surface area (Å²) >= 11 is 0. The Balaban J connectivity index is 2.09. The van der Waals surface area contributed by atoms with Crippen LogP contribution < -0.4 is 5.32 Å². The quantitative estimate of drug-likeness (QED) is 0.820. The van der Waals surface area contributed by atoms with Gasteiger partial charge < -0.3 is 0 Å². The van der Waals surface area contributed by atoms with E-state index in [1.54, 1.807) is 30.3 Å². The lowest BCUT2D eigenvalue weighted by molar-refractivity contribution is -0.220. The van der Waals surface area contributed by atoms with Crippen LogP contribution in [0.15, 0.2) is 30.3 Å². The number of hydrogen-bond donors (Lipinski definition) is 1. The Bertz CT molecular complexity index is 431. The van der Waals surface area contributed by atoms with Crippen molar-refractivity contribution in [1.82, 2.24) is 5.32 Å².